The minimum Gasteiger partial charge on any atom is -0.361 e. The van der Waals surface area contributed by atoms with Crippen molar-refractivity contribution in [3.05, 3.63) is 36.0 Å². The number of amides is 1. The lowest BCUT2D eigenvalue weighted by Gasteiger charge is -2.37. The number of aromatic nitrogens is 1. The fourth-order valence-electron chi connectivity index (χ4n) is 4.99. The fourth-order valence-corrected chi connectivity index (χ4v) is 4.99. The van der Waals surface area contributed by atoms with Crippen LogP contribution in [0.3, 0.4) is 0 Å². The van der Waals surface area contributed by atoms with Gasteiger partial charge in [0.25, 0.3) is 0 Å². The smallest absolute Gasteiger partial charge is 0.237 e. The molecular formula is C22H32N4O. The van der Waals surface area contributed by atoms with E-state index in [1.165, 1.54) is 23.8 Å². The van der Waals surface area contributed by atoms with Crippen LogP contribution < -0.4 is 5.32 Å². The van der Waals surface area contributed by atoms with Crippen molar-refractivity contribution in [2.45, 2.75) is 45.2 Å². The molecule has 2 aromatic rings. The van der Waals surface area contributed by atoms with Crippen LogP contribution in [0.25, 0.3) is 10.9 Å². The predicted molar refractivity (Wildman–Crippen MR) is 110 cm³/mol. The molecule has 1 spiro atoms. The van der Waals surface area contributed by atoms with E-state index in [1.54, 1.807) is 0 Å². The van der Waals surface area contributed by atoms with Gasteiger partial charge in [-0.1, -0.05) is 19.1 Å². The monoisotopic (exact) mass is 368 g/mol. The highest BCUT2D eigenvalue weighted by Gasteiger charge is 2.47. The molecule has 2 N–H and O–H groups in total. The van der Waals surface area contributed by atoms with Crippen LogP contribution in [0.4, 0.5) is 0 Å². The summed E-state index contributed by atoms with van der Waals surface area (Å²) in [5.74, 6) is 0.201. The lowest BCUT2D eigenvalue weighted by molar-refractivity contribution is -0.125. The van der Waals surface area contributed by atoms with E-state index in [0.29, 0.717) is 12.0 Å². The first kappa shape index (κ1) is 18.5. The molecule has 1 aromatic heterocycles. The summed E-state index contributed by atoms with van der Waals surface area (Å²) in [6, 6.07) is 8.34. The van der Waals surface area contributed by atoms with E-state index in [9.17, 15) is 4.79 Å². The first-order chi connectivity index (χ1) is 13.1. The SMILES string of the molecule is CCCN1CC2(CCN(C)CC2)CC1C(=O)NCc1cccc2[nH]ccc12. The number of H-pyrrole nitrogens is 1. The van der Waals surface area contributed by atoms with E-state index in [-0.39, 0.29) is 11.9 Å². The number of carbonyl (C=O) groups is 1. The Hall–Kier alpha value is -1.85. The number of nitrogens with one attached hydrogen (secondary N) is 2. The van der Waals surface area contributed by atoms with Crippen molar-refractivity contribution in [3.8, 4) is 0 Å². The molecule has 2 fully saturated rings. The largest absolute Gasteiger partial charge is 0.361 e. The number of benzene rings is 1. The molecular weight excluding hydrogens is 336 g/mol. The van der Waals surface area contributed by atoms with Crippen LogP contribution in [0.5, 0.6) is 0 Å². The summed E-state index contributed by atoms with van der Waals surface area (Å²) in [6.45, 7) is 7.22. The molecule has 0 saturated carbocycles. The molecule has 0 aliphatic carbocycles. The first-order valence-electron chi connectivity index (χ1n) is 10.4. The third-order valence-corrected chi connectivity index (χ3v) is 6.61. The van der Waals surface area contributed by atoms with Gasteiger partial charge >= 0.3 is 0 Å². The Morgan fingerprint density at radius 3 is 2.89 bits per heavy atom. The average molecular weight is 369 g/mol. The summed E-state index contributed by atoms with van der Waals surface area (Å²) >= 11 is 0. The van der Waals surface area contributed by atoms with Crippen LogP contribution in [-0.2, 0) is 11.3 Å². The number of piperidine rings is 1. The van der Waals surface area contributed by atoms with Gasteiger partial charge in [0.05, 0.1) is 6.04 Å². The maximum absolute atomic E-state index is 13.1. The summed E-state index contributed by atoms with van der Waals surface area (Å²) in [4.78, 5) is 21.2. The lowest BCUT2D eigenvalue weighted by Crippen LogP contribution is -2.43. The summed E-state index contributed by atoms with van der Waals surface area (Å²) in [7, 11) is 2.21. The van der Waals surface area contributed by atoms with E-state index in [0.717, 1.165) is 44.5 Å². The number of aromatic amines is 1. The van der Waals surface area contributed by atoms with E-state index in [2.05, 4.69) is 52.3 Å². The molecule has 2 saturated heterocycles. The Balaban J connectivity index is 1.44. The number of rotatable bonds is 5. The number of nitrogens with zero attached hydrogens (tertiary/aromatic N) is 2. The first-order valence-corrected chi connectivity index (χ1v) is 10.4. The molecule has 5 nitrogen and oxygen atoms in total. The van der Waals surface area contributed by atoms with Crippen LogP contribution in [0.2, 0.25) is 0 Å². The molecule has 2 aliphatic rings. The van der Waals surface area contributed by atoms with Crippen molar-refractivity contribution >= 4 is 16.8 Å². The molecule has 1 atom stereocenters. The van der Waals surface area contributed by atoms with Crippen molar-refractivity contribution in [2.24, 2.45) is 5.41 Å². The summed E-state index contributed by atoms with van der Waals surface area (Å²) < 4.78 is 0. The van der Waals surface area contributed by atoms with Gasteiger partial charge < -0.3 is 15.2 Å². The Morgan fingerprint density at radius 1 is 1.30 bits per heavy atom. The van der Waals surface area contributed by atoms with Gasteiger partial charge in [-0.3, -0.25) is 9.69 Å². The van der Waals surface area contributed by atoms with Gasteiger partial charge in [-0.2, -0.15) is 0 Å². The van der Waals surface area contributed by atoms with E-state index in [1.807, 2.05) is 12.3 Å². The zero-order chi connectivity index (χ0) is 18.9. The van der Waals surface area contributed by atoms with E-state index in [4.69, 9.17) is 0 Å². The van der Waals surface area contributed by atoms with Crippen molar-refractivity contribution in [2.75, 3.05) is 33.2 Å². The van der Waals surface area contributed by atoms with Gasteiger partial charge in [0.15, 0.2) is 0 Å². The molecule has 4 rings (SSSR count). The molecule has 27 heavy (non-hydrogen) atoms. The second kappa shape index (κ2) is 7.64. The van der Waals surface area contributed by atoms with Crippen LogP contribution in [0, 0.1) is 5.41 Å². The van der Waals surface area contributed by atoms with Crippen LogP contribution in [-0.4, -0.2) is 60.0 Å². The maximum atomic E-state index is 13.1. The third-order valence-electron chi connectivity index (χ3n) is 6.61. The second-order valence-electron chi connectivity index (χ2n) is 8.57. The summed E-state index contributed by atoms with van der Waals surface area (Å²) in [6.07, 6.45) is 6.51. The molecule has 1 unspecified atom stereocenters. The minimum absolute atomic E-state index is 0.0267. The predicted octanol–water partition coefficient (Wildman–Crippen LogP) is 2.98. The highest BCUT2D eigenvalue weighted by atomic mass is 16.2. The van der Waals surface area contributed by atoms with Crippen LogP contribution in [0.1, 0.15) is 38.2 Å². The van der Waals surface area contributed by atoms with Gasteiger partial charge in [0.1, 0.15) is 0 Å². The number of hydrogen-bond donors (Lipinski definition) is 2. The standard InChI is InChI=1S/C22H32N4O/c1-3-11-26-16-22(8-12-25(2)13-9-22)14-20(26)21(27)24-15-17-5-4-6-19-18(17)7-10-23-19/h4-7,10,20,23H,3,8-9,11-16H2,1-2H3,(H,24,27). The summed E-state index contributed by atoms with van der Waals surface area (Å²) in [5, 5.41) is 4.43. The fraction of sp³-hybridized carbons (Fsp3) is 0.591. The number of carbonyl (C=O) groups excluding carboxylic acids is 1. The molecule has 2 aliphatic heterocycles. The molecule has 3 heterocycles. The Bertz CT molecular complexity index is 790. The normalized spacial score (nSPS) is 23.3. The average Bonchev–Trinajstić information content (AvgIpc) is 3.28. The maximum Gasteiger partial charge on any atom is 0.237 e. The Labute approximate surface area is 162 Å². The molecule has 146 valence electrons. The van der Waals surface area contributed by atoms with Crippen LogP contribution >= 0.6 is 0 Å². The number of hydrogen-bond acceptors (Lipinski definition) is 3. The van der Waals surface area contributed by atoms with Crippen molar-refractivity contribution in [1.82, 2.24) is 20.1 Å². The molecule has 0 bridgehead atoms. The second-order valence-corrected chi connectivity index (χ2v) is 8.57. The van der Waals surface area contributed by atoms with Gasteiger partial charge in [-0.25, -0.2) is 0 Å². The molecule has 0 radical (unpaired) electrons. The van der Waals surface area contributed by atoms with Gasteiger partial charge in [-0.05, 0) is 75.5 Å². The van der Waals surface area contributed by atoms with Crippen molar-refractivity contribution in [3.63, 3.8) is 0 Å². The highest BCUT2D eigenvalue weighted by Crippen LogP contribution is 2.43. The van der Waals surface area contributed by atoms with Crippen LogP contribution in [0.15, 0.2) is 30.5 Å². The van der Waals surface area contributed by atoms with Crippen molar-refractivity contribution < 1.29 is 4.79 Å². The topological polar surface area (TPSA) is 51.4 Å². The Morgan fingerprint density at radius 2 is 2.11 bits per heavy atom. The van der Waals surface area contributed by atoms with Gasteiger partial charge in [0.2, 0.25) is 5.91 Å². The van der Waals surface area contributed by atoms with Crippen molar-refractivity contribution in [1.29, 1.82) is 0 Å². The van der Waals surface area contributed by atoms with E-state index < -0.39 is 0 Å². The highest BCUT2D eigenvalue weighted by molar-refractivity contribution is 5.85. The lowest BCUT2D eigenvalue weighted by atomic mass is 9.76. The number of fused-ring (bicyclic) bond motifs is 1. The quantitative estimate of drug-likeness (QED) is 0.853. The van der Waals surface area contributed by atoms with E-state index >= 15 is 0 Å². The van der Waals surface area contributed by atoms with Gasteiger partial charge in [0, 0.05) is 30.2 Å². The zero-order valence-corrected chi connectivity index (χ0v) is 16.6. The summed E-state index contributed by atoms with van der Waals surface area (Å²) in [5.41, 5.74) is 2.64. The Kier molecular flexibility index (Phi) is 5.24. The molecule has 1 amide bonds. The zero-order valence-electron chi connectivity index (χ0n) is 16.6. The van der Waals surface area contributed by atoms with Gasteiger partial charge in [-0.15, -0.1) is 0 Å². The number of likely N-dealkylation sites (tertiary alicyclic amines) is 2. The molecule has 1 aromatic carbocycles. The third kappa shape index (κ3) is 3.76. The minimum atomic E-state index is 0.0267. The molecule has 5 heteroatoms.